The van der Waals surface area contributed by atoms with Gasteiger partial charge in [-0.3, -0.25) is 9.59 Å². The van der Waals surface area contributed by atoms with Crippen LogP contribution in [0.2, 0.25) is 0 Å². The standard InChI is InChI=1S/C38H48O11/c1-22(2)9-7-10-23(3)11-8-12-24(4)17-34(40)46-21-33-35(41)36(42)37(43)38(49-33)47-26-14-15-27-28(39)20-30(48-31(27)19-26)25-13-16-29(44-5)32(18-25)45-6/h9,12-16,18-19,30,33,35-38,41-43H,3,7-8,10-11,17,20-21H2,1-2,4-6H3/t30-,33-,35-,36+,37-,38-/m1/s1. The van der Waals surface area contributed by atoms with Crippen molar-refractivity contribution in [1.29, 1.82) is 0 Å². The highest BCUT2D eigenvalue weighted by Crippen LogP contribution is 2.40. The van der Waals surface area contributed by atoms with E-state index in [-0.39, 0.29) is 36.7 Å². The first-order valence-corrected chi connectivity index (χ1v) is 16.4. The van der Waals surface area contributed by atoms with Crippen molar-refractivity contribution in [2.75, 3.05) is 20.8 Å². The van der Waals surface area contributed by atoms with Gasteiger partial charge in [0.2, 0.25) is 6.29 Å². The number of esters is 1. The number of aliphatic hydroxyl groups is 3. The number of allylic oxidation sites excluding steroid dienone is 4. The zero-order valence-corrected chi connectivity index (χ0v) is 28.8. The fraction of sp³-hybridized carbons (Fsp3) is 0.474. The molecule has 0 spiro atoms. The van der Waals surface area contributed by atoms with Gasteiger partial charge >= 0.3 is 5.97 Å². The largest absolute Gasteiger partial charge is 0.493 e. The second kappa shape index (κ2) is 17.5. The number of rotatable bonds is 15. The van der Waals surface area contributed by atoms with Gasteiger partial charge in [0.05, 0.1) is 32.6 Å². The summed E-state index contributed by atoms with van der Waals surface area (Å²) in [5, 5.41) is 31.8. The minimum absolute atomic E-state index is 0.0519. The van der Waals surface area contributed by atoms with E-state index in [1.54, 1.807) is 24.3 Å². The van der Waals surface area contributed by atoms with Crippen molar-refractivity contribution in [1.82, 2.24) is 0 Å². The smallest absolute Gasteiger partial charge is 0.309 e. The Labute approximate surface area is 287 Å². The second-order valence-corrected chi connectivity index (χ2v) is 12.7. The predicted molar refractivity (Wildman–Crippen MR) is 182 cm³/mol. The molecule has 2 aromatic carbocycles. The number of methoxy groups -OCH3 is 2. The predicted octanol–water partition coefficient (Wildman–Crippen LogP) is 5.56. The maximum Gasteiger partial charge on any atom is 0.309 e. The molecule has 6 atom stereocenters. The highest BCUT2D eigenvalue weighted by Gasteiger charge is 2.45. The molecule has 266 valence electrons. The summed E-state index contributed by atoms with van der Waals surface area (Å²) in [6.45, 7) is 9.74. The van der Waals surface area contributed by atoms with Gasteiger partial charge in [-0.25, -0.2) is 0 Å². The molecule has 11 nitrogen and oxygen atoms in total. The van der Waals surface area contributed by atoms with Crippen LogP contribution in [0.25, 0.3) is 0 Å². The minimum Gasteiger partial charge on any atom is -0.493 e. The molecule has 0 aromatic heterocycles. The molecule has 1 fully saturated rings. The van der Waals surface area contributed by atoms with Gasteiger partial charge in [-0.2, -0.15) is 0 Å². The number of fused-ring (bicyclic) bond motifs is 1. The molecule has 1 saturated heterocycles. The van der Waals surface area contributed by atoms with E-state index in [9.17, 15) is 24.9 Å². The van der Waals surface area contributed by atoms with Gasteiger partial charge < -0.3 is 43.7 Å². The zero-order valence-electron chi connectivity index (χ0n) is 28.8. The van der Waals surface area contributed by atoms with Crippen molar-refractivity contribution in [2.45, 2.75) is 96.1 Å². The Hall–Kier alpha value is -4.16. The van der Waals surface area contributed by atoms with Crippen LogP contribution in [0.15, 0.2) is 71.8 Å². The molecular weight excluding hydrogens is 632 g/mol. The number of ether oxygens (including phenoxy) is 6. The van der Waals surface area contributed by atoms with Gasteiger partial charge in [0.1, 0.15) is 48.6 Å². The summed E-state index contributed by atoms with van der Waals surface area (Å²) >= 11 is 0. The molecule has 49 heavy (non-hydrogen) atoms. The normalized spacial score (nSPS) is 23.5. The van der Waals surface area contributed by atoms with Crippen LogP contribution in [-0.2, 0) is 14.3 Å². The van der Waals surface area contributed by atoms with Crippen molar-refractivity contribution >= 4 is 11.8 Å². The zero-order chi connectivity index (χ0) is 35.7. The number of Topliss-reactive ketones (excluding diaryl/α,β-unsaturated/α-hetero) is 1. The SMILES string of the molecule is C=C(CCC=C(C)C)CCC=C(C)CC(=O)OC[C@H]1O[C@@H](Oc2ccc3c(c2)O[C@@H](c2ccc(OC)c(OC)c2)CC3=O)[C@H](O)[C@@H](O)[C@@H]1O. The fourth-order valence-corrected chi connectivity index (χ4v) is 5.64. The number of aliphatic hydroxyl groups excluding tert-OH is 3. The molecule has 0 saturated carbocycles. The Morgan fingerprint density at radius 1 is 0.939 bits per heavy atom. The van der Waals surface area contributed by atoms with Crippen LogP contribution >= 0.6 is 0 Å². The summed E-state index contributed by atoms with van der Waals surface area (Å²) in [4.78, 5) is 25.6. The van der Waals surface area contributed by atoms with Gasteiger partial charge in [0, 0.05) is 6.07 Å². The van der Waals surface area contributed by atoms with Crippen LogP contribution in [0.3, 0.4) is 0 Å². The number of ketones is 1. The molecule has 0 unspecified atom stereocenters. The molecule has 0 amide bonds. The Kier molecular flexibility index (Phi) is 13.4. The Bertz CT molecular complexity index is 1540. The van der Waals surface area contributed by atoms with E-state index >= 15 is 0 Å². The topological polar surface area (TPSA) is 150 Å². The van der Waals surface area contributed by atoms with E-state index in [4.69, 9.17) is 28.4 Å². The first-order chi connectivity index (χ1) is 23.4. The number of carbonyl (C=O) groups is 2. The lowest BCUT2D eigenvalue weighted by Gasteiger charge is -2.40. The van der Waals surface area contributed by atoms with Gasteiger partial charge in [0.25, 0.3) is 0 Å². The van der Waals surface area contributed by atoms with E-state index in [2.05, 4.69) is 26.5 Å². The molecule has 2 heterocycles. The summed E-state index contributed by atoms with van der Waals surface area (Å²) in [6.07, 6.45) is -0.181. The van der Waals surface area contributed by atoms with Crippen LogP contribution in [0.5, 0.6) is 23.0 Å². The molecule has 2 aromatic rings. The van der Waals surface area contributed by atoms with Gasteiger partial charge in [-0.1, -0.05) is 41.5 Å². The molecule has 2 aliphatic rings. The fourth-order valence-electron chi connectivity index (χ4n) is 5.64. The Balaban J connectivity index is 1.33. The Morgan fingerprint density at radius 2 is 1.65 bits per heavy atom. The summed E-state index contributed by atoms with van der Waals surface area (Å²) in [7, 11) is 3.06. The number of carbonyl (C=O) groups excluding carboxylic acids is 2. The van der Waals surface area contributed by atoms with Crippen molar-refractivity contribution in [3.63, 3.8) is 0 Å². The summed E-state index contributed by atoms with van der Waals surface area (Å²) in [5.41, 5.74) is 4.35. The molecule has 0 aliphatic carbocycles. The lowest BCUT2D eigenvalue weighted by Crippen LogP contribution is -2.60. The summed E-state index contributed by atoms with van der Waals surface area (Å²) in [5.74, 6) is 0.836. The summed E-state index contributed by atoms with van der Waals surface area (Å²) < 4.78 is 33.9. The highest BCUT2D eigenvalue weighted by atomic mass is 16.7. The molecular formula is C38H48O11. The Morgan fingerprint density at radius 3 is 2.35 bits per heavy atom. The van der Waals surface area contributed by atoms with Crippen molar-refractivity contribution < 1.29 is 53.3 Å². The lowest BCUT2D eigenvalue weighted by atomic mass is 9.96. The molecule has 0 radical (unpaired) electrons. The van der Waals surface area contributed by atoms with Gasteiger partial charge in [0.15, 0.2) is 17.3 Å². The first-order valence-electron chi connectivity index (χ1n) is 16.4. The van der Waals surface area contributed by atoms with E-state index in [0.717, 1.165) is 36.8 Å². The highest BCUT2D eigenvalue weighted by molar-refractivity contribution is 6.00. The van der Waals surface area contributed by atoms with E-state index in [0.29, 0.717) is 22.6 Å². The van der Waals surface area contributed by atoms with Crippen LogP contribution in [0.4, 0.5) is 0 Å². The third kappa shape index (κ3) is 10.2. The number of benzene rings is 2. The maximum absolute atomic E-state index is 13.0. The molecule has 0 bridgehead atoms. The monoisotopic (exact) mass is 680 g/mol. The quantitative estimate of drug-likeness (QED) is 0.160. The van der Waals surface area contributed by atoms with Gasteiger partial charge in [-0.15, -0.1) is 0 Å². The third-order valence-corrected chi connectivity index (χ3v) is 8.47. The van der Waals surface area contributed by atoms with Crippen molar-refractivity contribution in [2.24, 2.45) is 0 Å². The third-order valence-electron chi connectivity index (χ3n) is 8.47. The molecule has 2 aliphatic heterocycles. The van der Waals surface area contributed by atoms with Gasteiger partial charge in [-0.05, 0) is 76.3 Å². The molecule has 4 rings (SSSR count). The maximum atomic E-state index is 13.0. The average Bonchev–Trinajstić information content (AvgIpc) is 3.07. The lowest BCUT2D eigenvalue weighted by molar-refractivity contribution is -0.278. The number of hydrogen-bond acceptors (Lipinski definition) is 11. The second-order valence-electron chi connectivity index (χ2n) is 12.7. The van der Waals surface area contributed by atoms with Crippen LogP contribution in [0.1, 0.15) is 81.3 Å². The van der Waals surface area contributed by atoms with Crippen LogP contribution in [0, 0.1) is 0 Å². The summed E-state index contributed by atoms with van der Waals surface area (Å²) in [6, 6.07) is 9.84. The minimum atomic E-state index is -1.64. The average molecular weight is 681 g/mol. The van der Waals surface area contributed by atoms with E-state index in [1.807, 2.05) is 13.0 Å². The first kappa shape index (κ1) is 37.7. The van der Waals surface area contributed by atoms with E-state index < -0.39 is 42.8 Å². The number of hydrogen-bond donors (Lipinski definition) is 3. The van der Waals surface area contributed by atoms with Crippen LogP contribution in [-0.4, -0.2) is 78.6 Å². The van der Waals surface area contributed by atoms with Crippen LogP contribution < -0.4 is 18.9 Å². The van der Waals surface area contributed by atoms with Crippen molar-refractivity contribution in [3.8, 4) is 23.0 Å². The molecule has 3 N–H and O–H groups in total. The molecule has 11 heteroatoms. The van der Waals surface area contributed by atoms with E-state index in [1.165, 1.54) is 31.9 Å². The van der Waals surface area contributed by atoms with Crippen molar-refractivity contribution in [3.05, 3.63) is 83.0 Å².